The number of morpholine rings is 1. The number of ether oxygens (including phenoxy) is 2. The van der Waals surface area contributed by atoms with Crippen LogP contribution in [0.4, 0.5) is 5.95 Å². The first kappa shape index (κ1) is 21.6. The molecule has 0 N–H and O–H groups in total. The molecule has 1 unspecified atom stereocenters. The van der Waals surface area contributed by atoms with Gasteiger partial charge in [0.15, 0.2) is 0 Å². The van der Waals surface area contributed by atoms with E-state index in [1.807, 2.05) is 38.1 Å². The predicted octanol–water partition coefficient (Wildman–Crippen LogP) is 2.53. The van der Waals surface area contributed by atoms with Crippen LogP contribution in [-0.4, -0.2) is 71.6 Å². The van der Waals surface area contributed by atoms with Crippen LogP contribution in [0.3, 0.4) is 0 Å². The molecule has 0 saturated carbocycles. The van der Waals surface area contributed by atoms with Crippen LogP contribution in [0.25, 0.3) is 11.1 Å². The standard InChI is InChI=1S/C23H26N6O3/c1-15-6-5-7-17(21(15)31-4)22(30)29-8-9-32-19(13-29)20-18(16-10-24-14-25-11-16)12-26-23(27-20)28(2)3/h5-7,10-12,14,19H,8-9,13H2,1-4H3. The minimum atomic E-state index is -0.416. The number of hydrogen-bond donors (Lipinski definition) is 0. The lowest BCUT2D eigenvalue weighted by Gasteiger charge is -2.34. The molecular formula is C23H26N6O3. The summed E-state index contributed by atoms with van der Waals surface area (Å²) in [6.07, 6.45) is 6.25. The van der Waals surface area contributed by atoms with Gasteiger partial charge in [-0.3, -0.25) is 4.79 Å². The van der Waals surface area contributed by atoms with E-state index in [1.54, 1.807) is 36.7 Å². The summed E-state index contributed by atoms with van der Waals surface area (Å²) in [4.78, 5) is 34.4. The molecule has 166 valence electrons. The lowest BCUT2D eigenvalue weighted by atomic mass is 10.0. The zero-order valence-corrected chi connectivity index (χ0v) is 18.6. The topological polar surface area (TPSA) is 93.6 Å². The summed E-state index contributed by atoms with van der Waals surface area (Å²) >= 11 is 0. The number of carbonyl (C=O) groups excluding carboxylic acids is 1. The van der Waals surface area contributed by atoms with Gasteiger partial charge in [-0.2, -0.15) is 0 Å². The molecule has 1 atom stereocenters. The second-order valence-electron chi connectivity index (χ2n) is 7.76. The van der Waals surface area contributed by atoms with E-state index in [0.29, 0.717) is 42.7 Å². The Morgan fingerprint density at radius 1 is 1.22 bits per heavy atom. The highest BCUT2D eigenvalue weighted by molar-refractivity contribution is 5.97. The average Bonchev–Trinajstić information content (AvgIpc) is 2.83. The molecule has 32 heavy (non-hydrogen) atoms. The van der Waals surface area contributed by atoms with Crippen molar-refractivity contribution in [2.75, 3.05) is 45.8 Å². The first-order valence-electron chi connectivity index (χ1n) is 10.3. The minimum absolute atomic E-state index is 0.0923. The molecule has 9 heteroatoms. The van der Waals surface area contributed by atoms with Gasteiger partial charge in [-0.05, 0) is 18.6 Å². The first-order chi connectivity index (χ1) is 15.5. The second-order valence-corrected chi connectivity index (χ2v) is 7.76. The van der Waals surface area contributed by atoms with Crippen LogP contribution < -0.4 is 9.64 Å². The Hall–Kier alpha value is -3.59. The number of aryl methyl sites for hydroxylation is 1. The van der Waals surface area contributed by atoms with Crippen molar-refractivity contribution in [2.24, 2.45) is 0 Å². The quantitative estimate of drug-likeness (QED) is 0.605. The normalized spacial score (nSPS) is 16.0. The molecule has 2 aromatic heterocycles. The molecule has 4 rings (SSSR count). The van der Waals surface area contributed by atoms with Gasteiger partial charge in [-0.25, -0.2) is 19.9 Å². The van der Waals surface area contributed by atoms with Crippen molar-refractivity contribution in [3.63, 3.8) is 0 Å². The third kappa shape index (κ3) is 4.24. The number of carbonyl (C=O) groups is 1. The Morgan fingerprint density at radius 2 is 2.00 bits per heavy atom. The summed E-state index contributed by atoms with van der Waals surface area (Å²) in [5.41, 5.74) is 3.73. The summed E-state index contributed by atoms with van der Waals surface area (Å²) < 4.78 is 11.6. The molecule has 0 radical (unpaired) electrons. The molecule has 1 aliphatic heterocycles. The number of para-hydroxylation sites is 1. The van der Waals surface area contributed by atoms with Gasteiger partial charge < -0.3 is 19.3 Å². The van der Waals surface area contributed by atoms with Crippen molar-refractivity contribution in [1.82, 2.24) is 24.8 Å². The number of amides is 1. The van der Waals surface area contributed by atoms with E-state index >= 15 is 0 Å². The molecule has 1 aliphatic rings. The Labute approximate surface area is 187 Å². The highest BCUT2D eigenvalue weighted by atomic mass is 16.5. The van der Waals surface area contributed by atoms with Gasteiger partial charge in [0.1, 0.15) is 18.2 Å². The first-order valence-corrected chi connectivity index (χ1v) is 10.3. The molecule has 0 spiro atoms. The summed E-state index contributed by atoms with van der Waals surface area (Å²) in [5.74, 6) is 1.07. The van der Waals surface area contributed by atoms with E-state index in [2.05, 4.69) is 15.0 Å². The lowest BCUT2D eigenvalue weighted by molar-refractivity contribution is -0.0245. The highest BCUT2D eigenvalue weighted by Gasteiger charge is 2.31. The largest absolute Gasteiger partial charge is 0.496 e. The number of aromatic nitrogens is 4. The molecule has 0 bridgehead atoms. The molecule has 1 fully saturated rings. The predicted molar refractivity (Wildman–Crippen MR) is 120 cm³/mol. The van der Waals surface area contributed by atoms with Gasteiger partial charge in [0, 0.05) is 50.4 Å². The zero-order valence-electron chi connectivity index (χ0n) is 18.6. The summed E-state index contributed by atoms with van der Waals surface area (Å²) in [6, 6.07) is 5.58. The molecule has 0 aliphatic carbocycles. The van der Waals surface area contributed by atoms with E-state index in [1.165, 1.54) is 6.33 Å². The number of benzene rings is 1. The van der Waals surface area contributed by atoms with Crippen molar-refractivity contribution < 1.29 is 14.3 Å². The van der Waals surface area contributed by atoms with Gasteiger partial charge in [0.2, 0.25) is 5.95 Å². The smallest absolute Gasteiger partial charge is 0.257 e. The van der Waals surface area contributed by atoms with Crippen molar-refractivity contribution in [2.45, 2.75) is 13.0 Å². The third-order valence-electron chi connectivity index (χ3n) is 5.38. The summed E-state index contributed by atoms with van der Waals surface area (Å²) in [6.45, 7) is 3.18. The molecular weight excluding hydrogens is 408 g/mol. The molecule has 3 aromatic rings. The Morgan fingerprint density at radius 3 is 2.72 bits per heavy atom. The van der Waals surface area contributed by atoms with E-state index < -0.39 is 6.10 Å². The second kappa shape index (κ2) is 9.27. The van der Waals surface area contributed by atoms with Gasteiger partial charge in [-0.1, -0.05) is 12.1 Å². The van der Waals surface area contributed by atoms with E-state index in [0.717, 1.165) is 16.7 Å². The molecule has 9 nitrogen and oxygen atoms in total. The highest BCUT2D eigenvalue weighted by Crippen LogP contribution is 2.32. The number of rotatable bonds is 5. The molecule has 3 heterocycles. The minimum Gasteiger partial charge on any atom is -0.496 e. The van der Waals surface area contributed by atoms with Gasteiger partial charge in [0.25, 0.3) is 5.91 Å². The number of methoxy groups -OCH3 is 1. The van der Waals surface area contributed by atoms with E-state index in [4.69, 9.17) is 14.5 Å². The summed E-state index contributed by atoms with van der Waals surface area (Å²) in [5, 5.41) is 0. The number of nitrogens with zero attached hydrogens (tertiary/aromatic N) is 6. The van der Waals surface area contributed by atoms with Crippen molar-refractivity contribution >= 4 is 11.9 Å². The third-order valence-corrected chi connectivity index (χ3v) is 5.38. The number of anilines is 1. The maximum absolute atomic E-state index is 13.4. The van der Waals surface area contributed by atoms with Crippen LogP contribution in [0.1, 0.15) is 27.7 Å². The van der Waals surface area contributed by atoms with Crippen molar-refractivity contribution in [3.8, 4) is 16.9 Å². The summed E-state index contributed by atoms with van der Waals surface area (Å²) in [7, 11) is 5.34. The maximum atomic E-state index is 13.4. The van der Waals surface area contributed by atoms with Crippen LogP contribution in [0.15, 0.2) is 43.1 Å². The fourth-order valence-corrected chi connectivity index (χ4v) is 3.77. The van der Waals surface area contributed by atoms with Crippen molar-refractivity contribution in [1.29, 1.82) is 0 Å². The molecule has 1 saturated heterocycles. The Balaban J connectivity index is 1.68. The monoisotopic (exact) mass is 434 g/mol. The van der Waals surface area contributed by atoms with Crippen LogP contribution >= 0.6 is 0 Å². The zero-order chi connectivity index (χ0) is 22.7. The Kier molecular flexibility index (Phi) is 6.27. The average molecular weight is 435 g/mol. The van der Waals surface area contributed by atoms with Crippen LogP contribution in [0.2, 0.25) is 0 Å². The fraction of sp³-hybridized carbons (Fsp3) is 0.348. The molecule has 1 aromatic carbocycles. The SMILES string of the molecule is COc1c(C)cccc1C(=O)N1CCOC(c2nc(N(C)C)ncc2-c2cncnc2)C1. The lowest BCUT2D eigenvalue weighted by Crippen LogP contribution is -2.42. The van der Waals surface area contributed by atoms with Gasteiger partial charge in [0.05, 0.1) is 31.5 Å². The van der Waals surface area contributed by atoms with Crippen LogP contribution in [0, 0.1) is 6.92 Å². The van der Waals surface area contributed by atoms with E-state index in [9.17, 15) is 4.79 Å². The van der Waals surface area contributed by atoms with Gasteiger partial charge >= 0.3 is 0 Å². The van der Waals surface area contributed by atoms with E-state index in [-0.39, 0.29) is 5.91 Å². The van der Waals surface area contributed by atoms with Crippen LogP contribution in [-0.2, 0) is 4.74 Å². The van der Waals surface area contributed by atoms with Gasteiger partial charge in [-0.15, -0.1) is 0 Å². The maximum Gasteiger partial charge on any atom is 0.257 e. The fourth-order valence-electron chi connectivity index (χ4n) is 3.77. The Bertz CT molecular complexity index is 1110. The number of hydrogen-bond acceptors (Lipinski definition) is 8. The molecule has 1 amide bonds. The van der Waals surface area contributed by atoms with Crippen molar-refractivity contribution in [3.05, 3.63) is 59.9 Å². The van der Waals surface area contributed by atoms with Crippen LogP contribution in [0.5, 0.6) is 5.75 Å².